The van der Waals surface area contributed by atoms with Crippen LogP contribution in [0.1, 0.15) is 58.3 Å². The Balaban J connectivity index is 1.85. The Morgan fingerprint density at radius 2 is 1.89 bits per heavy atom. The van der Waals surface area contributed by atoms with Gasteiger partial charge < -0.3 is 4.90 Å². The second-order valence-corrected chi connectivity index (χ2v) is 5.75. The fourth-order valence-electron chi connectivity index (χ4n) is 3.26. The van der Waals surface area contributed by atoms with Crippen molar-refractivity contribution in [3.8, 4) is 0 Å². The summed E-state index contributed by atoms with van der Waals surface area (Å²) in [5, 5.41) is 0. The molecular formula is C14H28N4. The van der Waals surface area contributed by atoms with Crippen LogP contribution in [0.4, 0.5) is 0 Å². The molecule has 3 N–H and O–H groups in total. The minimum Gasteiger partial charge on any atom is -0.342 e. The first-order chi connectivity index (χ1) is 8.83. The molecule has 104 valence electrons. The van der Waals surface area contributed by atoms with Crippen molar-refractivity contribution in [3.63, 3.8) is 0 Å². The summed E-state index contributed by atoms with van der Waals surface area (Å²) in [5.41, 5.74) is 2.82. The average molecular weight is 252 g/mol. The molecule has 4 nitrogen and oxygen atoms in total. The monoisotopic (exact) mass is 252 g/mol. The van der Waals surface area contributed by atoms with Crippen LogP contribution in [-0.4, -0.2) is 30.0 Å². The average Bonchev–Trinajstić information content (AvgIpc) is 2.90. The zero-order valence-corrected chi connectivity index (χ0v) is 11.7. The molecule has 18 heavy (non-hydrogen) atoms. The third-order valence-corrected chi connectivity index (χ3v) is 4.37. The molecule has 4 heteroatoms. The Hall–Kier alpha value is -0.770. The summed E-state index contributed by atoms with van der Waals surface area (Å²) in [4.78, 5) is 7.13. The lowest BCUT2D eigenvalue weighted by molar-refractivity contribution is 0.248. The largest absolute Gasteiger partial charge is 0.342 e. The van der Waals surface area contributed by atoms with E-state index in [1.807, 2.05) is 0 Å². The number of guanidine groups is 1. The van der Waals surface area contributed by atoms with Crippen molar-refractivity contribution in [2.75, 3.05) is 13.1 Å². The molecule has 0 amide bonds. The van der Waals surface area contributed by atoms with Crippen molar-refractivity contribution in [2.24, 2.45) is 16.8 Å². The molecule has 1 saturated heterocycles. The molecule has 2 rings (SSSR count). The van der Waals surface area contributed by atoms with Gasteiger partial charge in [-0.25, -0.2) is 10.8 Å². The summed E-state index contributed by atoms with van der Waals surface area (Å²) in [5.74, 6) is 7.49. The molecule has 0 aromatic carbocycles. The van der Waals surface area contributed by atoms with E-state index in [1.54, 1.807) is 0 Å². The van der Waals surface area contributed by atoms with Gasteiger partial charge in [-0.05, 0) is 31.6 Å². The highest BCUT2D eigenvalue weighted by Crippen LogP contribution is 2.24. The van der Waals surface area contributed by atoms with Gasteiger partial charge >= 0.3 is 0 Å². The lowest BCUT2D eigenvalue weighted by Gasteiger charge is -2.34. The highest BCUT2D eigenvalue weighted by atomic mass is 15.4. The van der Waals surface area contributed by atoms with Crippen LogP contribution in [0, 0.1) is 5.92 Å². The number of rotatable bonds is 3. The number of hydrazine groups is 1. The van der Waals surface area contributed by atoms with E-state index < -0.39 is 0 Å². The molecule has 0 radical (unpaired) electrons. The molecule has 1 aliphatic carbocycles. The maximum Gasteiger partial charge on any atom is 0.208 e. The van der Waals surface area contributed by atoms with Gasteiger partial charge in [0, 0.05) is 13.1 Å². The number of likely N-dealkylation sites (tertiary alicyclic amines) is 1. The molecule has 2 aliphatic rings. The van der Waals surface area contributed by atoms with E-state index in [0.717, 1.165) is 25.0 Å². The van der Waals surface area contributed by atoms with E-state index in [4.69, 9.17) is 10.8 Å². The van der Waals surface area contributed by atoms with Crippen LogP contribution in [-0.2, 0) is 0 Å². The molecule has 0 bridgehead atoms. The van der Waals surface area contributed by atoms with Gasteiger partial charge in [0.1, 0.15) is 0 Å². The van der Waals surface area contributed by atoms with Crippen molar-refractivity contribution in [1.29, 1.82) is 0 Å². The molecule has 2 fully saturated rings. The molecule has 1 saturated carbocycles. The first-order valence-electron chi connectivity index (χ1n) is 7.62. The van der Waals surface area contributed by atoms with Gasteiger partial charge in [-0.1, -0.05) is 32.6 Å². The van der Waals surface area contributed by atoms with E-state index in [1.165, 1.54) is 51.4 Å². The molecule has 1 heterocycles. The standard InChI is InChI=1S/C14H28N4/c1-2-5-12-8-10-18(11-9-12)14(17-15)16-13-6-3-4-7-13/h12-13H,2-11,15H2,1H3,(H,16,17). The molecule has 0 aromatic rings. The Labute approximate surface area is 111 Å². The quantitative estimate of drug-likeness (QED) is 0.350. The van der Waals surface area contributed by atoms with Crippen LogP contribution >= 0.6 is 0 Å². The van der Waals surface area contributed by atoms with Gasteiger partial charge in [0.25, 0.3) is 0 Å². The maximum absolute atomic E-state index is 5.65. The minimum atomic E-state index is 0.504. The molecule has 0 unspecified atom stereocenters. The van der Waals surface area contributed by atoms with Crippen LogP contribution in [0.25, 0.3) is 0 Å². The van der Waals surface area contributed by atoms with Crippen molar-refractivity contribution >= 4 is 5.96 Å². The SMILES string of the molecule is CCCC1CCN(C(=NC2CCCC2)NN)CC1. The van der Waals surface area contributed by atoms with E-state index in [0.29, 0.717) is 6.04 Å². The number of hydrogen-bond donors (Lipinski definition) is 2. The number of nitrogens with two attached hydrogens (primary N) is 1. The van der Waals surface area contributed by atoms with Gasteiger partial charge in [-0.15, -0.1) is 0 Å². The van der Waals surface area contributed by atoms with Gasteiger partial charge in [0.15, 0.2) is 0 Å². The van der Waals surface area contributed by atoms with E-state index in [2.05, 4.69) is 17.2 Å². The number of nitrogens with one attached hydrogen (secondary N) is 1. The molecular weight excluding hydrogens is 224 g/mol. The van der Waals surface area contributed by atoms with E-state index in [-0.39, 0.29) is 0 Å². The zero-order valence-electron chi connectivity index (χ0n) is 11.7. The predicted octanol–water partition coefficient (Wildman–Crippen LogP) is 2.26. The highest BCUT2D eigenvalue weighted by molar-refractivity contribution is 5.79. The third-order valence-electron chi connectivity index (χ3n) is 4.37. The Bertz CT molecular complexity index is 263. The van der Waals surface area contributed by atoms with Crippen molar-refractivity contribution in [2.45, 2.75) is 64.3 Å². The summed E-state index contributed by atoms with van der Waals surface area (Å²) in [6, 6.07) is 0.504. The zero-order chi connectivity index (χ0) is 12.8. The van der Waals surface area contributed by atoms with Crippen LogP contribution in [0.15, 0.2) is 4.99 Å². The highest BCUT2D eigenvalue weighted by Gasteiger charge is 2.22. The van der Waals surface area contributed by atoms with Crippen molar-refractivity contribution in [1.82, 2.24) is 10.3 Å². The Morgan fingerprint density at radius 1 is 1.22 bits per heavy atom. The number of hydrogen-bond acceptors (Lipinski definition) is 2. The molecule has 0 aromatic heterocycles. The lowest BCUT2D eigenvalue weighted by atomic mass is 9.93. The first-order valence-corrected chi connectivity index (χ1v) is 7.62. The summed E-state index contributed by atoms with van der Waals surface area (Å²) >= 11 is 0. The topological polar surface area (TPSA) is 53.6 Å². The lowest BCUT2D eigenvalue weighted by Crippen LogP contribution is -2.48. The summed E-state index contributed by atoms with van der Waals surface area (Å²) in [6.07, 6.45) is 10.4. The van der Waals surface area contributed by atoms with Gasteiger partial charge in [0.05, 0.1) is 6.04 Å². The second kappa shape index (κ2) is 6.98. The van der Waals surface area contributed by atoms with E-state index >= 15 is 0 Å². The fourth-order valence-corrected chi connectivity index (χ4v) is 3.26. The number of aliphatic imine (C=N–C) groups is 1. The van der Waals surface area contributed by atoms with Crippen LogP contribution in [0.5, 0.6) is 0 Å². The summed E-state index contributed by atoms with van der Waals surface area (Å²) in [6.45, 7) is 4.50. The molecule has 0 spiro atoms. The Kier molecular flexibility index (Phi) is 5.29. The normalized spacial score (nSPS) is 23.7. The van der Waals surface area contributed by atoms with E-state index in [9.17, 15) is 0 Å². The van der Waals surface area contributed by atoms with Crippen LogP contribution in [0.3, 0.4) is 0 Å². The third kappa shape index (κ3) is 3.61. The minimum absolute atomic E-state index is 0.504. The van der Waals surface area contributed by atoms with Crippen LogP contribution in [0.2, 0.25) is 0 Å². The maximum atomic E-state index is 5.65. The predicted molar refractivity (Wildman–Crippen MR) is 76.2 cm³/mol. The van der Waals surface area contributed by atoms with Gasteiger partial charge in [-0.3, -0.25) is 5.43 Å². The Morgan fingerprint density at radius 3 is 2.44 bits per heavy atom. The smallest absolute Gasteiger partial charge is 0.208 e. The van der Waals surface area contributed by atoms with Crippen LogP contribution < -0.4 is 11.3 Å². The molecule has 1 aliphatic heterocycles. The second-order valence-electron chi connectivity index (χ2n) is 5.75. The van der Waals surface area contributed by atoms with Gasteiger partial charge in [-0.2, -0.15) is 0 Å². The number of piperidine rings is 1. The van der Waals surface area contributed by atoms with Crippen molar-refractivity contribution < 1.29 is 0 Å². The summed E-state index contributed by atoms with van der Waals surface area (Å²) in [7, 11) is 0. The summed E-state index contributed by atoms with van der Waals surface area (Å²) < 4.78 is 0. The van der Waals surface area contributed by atoms with Crippen molar-refractivity contribution in [3.05, 3.63) is 0 Å². The van der Waals surface area contributed by atoms with Gasteiger partial charge in [0.2, 0.25) is 5.96 Å². The molecule has 0 atom stereocenters. The number of nitrogens with zero attached hydrogens (tertiary/aromatic N) is 2. The first kappa shape index (κ1) is 13.7. The fraction of sp³-hybridized carbons (Fsp3) is 0.929.